The van der Waals surface area contributed by atoms with Crippen LogP contribution in [0.15, 0.2) is 28.6 Å². The van der Waals surface area contributed by atoms with E-state index < -0.39 is 0 Å². The first-order valence-electron chi connectivity index (χ1n) is 8.23. The summed E-state index contributed by atoms with van der Waals surface area (Å²) in [6.07, 6.45) is 0.902. The van der Waals surface area contributed by atoms with Crippen LogP contribution in [0.25, 0.3) is 0 Å². The molecule has 1 aromatic carbocycles. The van der Waals surface area contributed by atoms with Gasteiger partial charge in [-0.3, -0.25) is 4.99 Å². The molecule has 0 unspecified atom stereocenters. The van der Waals surface area contributed by atoms with Gasteiger partial charge in [-0.05, 0) is 30.5 Å². The first-order chi connectivity index (χ1) is 12.0. The number of thiazole rings is 1. The number of anilines is 1. The molecule has 2 rings (SSSR count). The highest BCUT2D eigenvalue weighted by molar-refractivity contribution is 7.13. The summed E-state index contributed by atoms with van der Waals surface area (Å²) in [7, 11) is 7.47. The molecule has 0 fully saturated rings. The molecular weight excluding hydrogens is 334 g/mol. The standard InChI is InChI=1S/C18H27N5OS/c1-13-6-7-14(10-16(13)24-5)8-9-20-17(19-2)21-11-15-12-25-18(22-15)23(3)4/h6-7,10,12H,8-9,11H2,1-5H3,(H2,19,20,21). The molecular formula is C18H27N5OS. The Labute approximate surface area is 154 Å². The molecule has 136 valence electrons. The third-order valence-corrected chi connectivity index (χ3v) is 4.82. The second-order valence-corrected chi connectivity index (χ2v) is 6.76. The molecule has 0 bridgehead atoms. The van der Waals surface area contributed by atoms with Gasteiger partial charge in [0, 0.05) is 33.1 Å². The Morgan fingerprint density at radius 3 is 2.76 bits per heavy atom. The molecule has 0 aliphatic rings. The fraction of sp³-hybridized carbons (Fsp3) is 0.444. The quantitative estimate of drug-likeness (QED) is 0.586. The van der Waals surface area contributed by atoms with Gasteiger partial charge in [-0.2, -0.15) is 0 Å². The van der Waals surface area contributed by atoms with Crippen molar-refractivity contribution in [3.8, 4) is 5.75 Å². The monoisotopic (exact) mass is 361 g/mol. The summed E-state index contributed by atoms with van der Waals surface area (Å²) in [5.74, 6) is 1.71. The summed E-state index contributed by atoms with van der Waals surface area (Å²) < 4.78 is 5.37. The van der Waals surface area contributed by atoms with Crippen molar-refractivity contribution in [2.24, 2.45) is 4.99 Å². The van der Waals surface area contributed by atoms with E-state index in [1.165, 1.54) is 5.56 Å². The molecule has 0 aliphatic carbocycles. The van der Waals surface area contributed by atoms with Crippen LogP contribution in [0.2, 0.25) is 0 Å². The highest BCUT2D eigenvalue weighted by Gasteiger charge is 2.05. The smallest absolute Gasteiger partial charge is 0.191 e. The Balaban J connectivity index is 1.80. The summed E-state index contributed by atoms with van der Waals surface area (Å²) in [6.45, 7) is 3.50. The van der Waals surface area contributed by atoms with Gasteiger partial charge in [0.2, 0.25) is 0 Å². The van der Waals surface area contributed by atoms with Crippen LogP contribution in [-0.2, 0) is 13.0 Å². The van der Waals surface area contributed by atoms with E-state index in [0.717, 1.165) is 41.1 Å². The second kappa shape index (κ2) is 9.27. The Morgan fingerprint density at radius 2 is 2.12 bits per heavy atom. The predicted octanol–water partition coefficient (Wildman–Crippen LogP) is 2.43. The summed E-state index contributed by atoms with van der Waals surface area (Å²) in [5.41, 5.74) is 3.40. The van der Waals surface area contributed by atoms with E-state index in [-0.39, 0.29) is 0 Å². The van der Waals surface area contributed by atoms with Crippen molar-refractivity contribution in [2.45, 2.75) is 19.9 Å². The molecule has 2 aromatic rings. The number of aliphatic imine (C=N–C) groups is 1. The maximum Gasteiger partial charge on any atom is 0.191 e. The van der Waals surface area contributed by atoms with Crippen molar-refractivity contribution >= 4 is 22.4 Å². The normalized spacial score (nSPS) is 11.3. The molecule has 0 saturated carbocycles. The Hall–Kier alpha value is -2.28. The van der Waals surface area contributed by atoms with Gasteiger partial charge in [0.1, 0.15) is 5.75 Å². The molecule has 0 saturated heterocycles. The molecule has 1 heterocycles. The van der Waals surface area contributed by atoms with Gasteiger partial charge in [-0.1, -0.05) is 12.1 Å². The molecule has 1 aromatic heterocycles. The van der Waals surface area contributed by atoms with Crippen molar-refractivity contribution in [3.05, 3.63) is 40.4 Å². The van der Waals surface area contributed by atoms with E-state index in [1.54, 1.807) is 25.5 Å². The average Bonchev–Trinajstić information content (AvgIpc) is 3.08. The Morgan fingerprint density at radius 1 is 1.32 bits per heavy atom. The zero-order valence-corrected chi connectivity index (χ0v) is 16.4. The third-order valence-electron chi connectivity index (χ3n) is 3.76. The molecule has 25 heavy (non-hydrogen) atoms. The first kappa shape index (κ1) is 19.1. The lowest BCUT2D eigenvalue weighted by molar-refractivity contribution is 0.411. The molecule has 0 amide bonds. The zero-order valence-electron chi connectivity index (χ0n) is 15.6. The lowest BCUT2D eigenvalue weighted by atomic mass is 10.1. The molecule has 0 spiro atoms. The van der Waals surface area contributed by atoms with E-state index in [9.17, 15) is 0 Å². The van der Waals surface area contributed by atoms with Gasteiger partial charge in [0.15, 0.2) is 11.1 Å². The second-order valence-electron chi connectivity index (χ2n) is 5.92. The van der Waals surface area contributed by atoms with Crippen LogP contribution in [-0.4, -0.2) is 45.7 Å². The van der Waals surface area contributed by atoms with E-state index in [1.807, 2.05) is 25.9 Å². The highest BCUT2D eigenvalue weighted by atomic mass is 32.1. The largest absolute Gasteiger partial charge is 0.496 e. The summed E-state index contributed by atoms with van der Waals surface area (Å²) in [5, 5.41) is 9.70. The molecule has 0 aliphatic heterocycles. The number of rotatable bonds is 7. The molecule has 0 radical (unpaired) electrons. The van der Waals surface area contributed by atoms with Crippen LogP contribution in [0, 0.1) is 6.92 Å². The van der Waals surface area contributed by atoms with Gasteiger partial charge in [-0.25, -0.2) is 4.98 Å². The first-order valence-corrected chi connectivity index (χ1v) is 9.11. The molecule has 7 heteroatoms. The number of ether oxygens (including phenoxy) is 1. The van der Waals surface area contributed by atoms with Crippen LogP contribution in [0.1, 0.15) is 16.8 Å². The average molecular weight is 362 g/mol. The fourth-order valence-electron chi connectivity index (χ4n) is 2.32. The van der Waals surface area contributed by atoms with Crippen LogP contribution in [0.5, 0.6) is 5.75 Å². The van der Waals surface area contributed by atoms with Crippen LogP contribution >= 0.6 is 11.3 Å². The van der Waals surface area contributed by atoms with Gasteiger partial charge in [-0.15, -0.1) is 11.3 Å². The number of aromatic nitrogens is 1. The number of nitrogens with one attached hydrogen (secondary N) is 2. The summed E-state index contributed by atoms with van der Waals surface area (Å²) in [4.78, 5) is 10.8. The maximum absolute atomic E-state index is 5.37. The number of aryl methyl sites for hydroxylation is 1. The van der Waals surface area contributed by atoms with Crippen molar-refractivity contribution in [3.63, 3.8) is 0 Å². The SMILES string of the molecule is CN=C(NCCc1ccc(C)c(OC)c1)NCc1csc(N(C)C)n1. The predicted molar refractivity (Wildman–Crippen MR) is 106 cm³/mol. The Kier molecular flexibility index (Phi) is 7.06. The van der Waals surface area contributed by atoms with Gasteiger partial charge in [0.05, 0.1) is 19.3 Å². The number of nitrogens with zero attached hydrogens (tertiary/aromatic N) is 3. The number of hydrogen-bond acceptors (Lipinski definition) is 5. The number of hydrogen-bond donors (Lipinski definition) is 2. The summed E-state index contributed by atoms with van der Waals surface area (Å²) in [6, 6.07) is 6.31. The zero-order chi connectivity index (χ0) is 18.2. The van der Waals surface area contributed by atoms with Crippen molar-refractivity contribution in [1.29, 1.82) is 0 Å². The van der Waals surface area contributed by atoms with Gasteiger partial charge < -0.3 is 20.3 Å². The Bertz CT molecular complexity index is 711. The third kappa shape index (κ3) is 5.63. The molecule has 2 N–H and O–H groups in total. The van der Waals surface area contributed by atoms with E-state index in [0.29, 0.717) is 6.54 Å². The van der Waals surface area contributed by atoms with E-state index in [2.05, 4.69) is 44.2 Å². The minimum Gasteiger partial charge on any atom is -0.496 e. The van der Waals surface area contributed by atoms with Gasteiger partial charge >= 0.3 is 0 Å². The van der Waals surface area contributed by atoms with Crippen LogP contribution in [0.4, 0.5) is 5.13 Å². The van der Waals surface area contributed by atoms with E-state index >= 15 is 0 Å². The number of guanidine groups is 1. The summed E-state index contributed by atoms with van der Waals surface area (Å²) >= 11 is 1.64. The number of benzene rings is 1. The van der Waals surface area contributed by atoms with Crippen molar-refractivity contribution in [1.82, 2.24) is 15.6 Å². The van der Waals surface area contributed by atoms with Crippen LogP contribution in [0.3, 0.4) is 0 Å². The van der Waals surface area contributed by atoms with E-state index in [4.69, 9.17) is 4.74 Å². The topological polar surface area (TPSA) is 61.8 Å². The van der Waals surface area contributed by atoms with Crippen molar-refractivity contribution in [2.75, 3.05) is 39.7 Å². The molecule has 0 atom stereocenters. The van der Waals surface area contributed by atoms with Crippen molar-refractivity contribution < 1.29 is 4.74 Å². The lowest BCUT2D eigenvalue weighted by Gasteiger charge is -2.12. The minimum absolute atomic E-state index is 0.655. The number of methoxy groups -OCH3 is 1. The fourth-order valence-corrected chi connectivity index (χ4v) is 3.08. The van der Waals surface area contributed by atoms with Crippen LogP contribution < -0.4 is 20.3 Å². The lowest BCUT2D eigenvalue weighted by Crippen LogP contribution is -2.37. The highest BCUT2D eigenvalue weighted by Crippen LogP contribution is 2.19. The minimum atomic E-state index is 0.655. The molecule has 6 nitrogen and oxygen atoms in total. The van der Waals surface area contributed by atoms with Gasteiger partial charge in [0.25, 0.3) is 0 Å². The maximum atomic E-state index is 5.37.